The van der Waals surface area contributed by atoms with Gasteiger partial charge in [-0.05, 0) is 56.2 Å². The summed E-state index contributed by atoms with van der Waals surface area (Å²) in [5, 5.41) is 0. The average molecular weight is 361 g/mol. The quantitative estimate of drug-likeness (QED) is 0.707. The molecular weight excluding hydrogens is 334 g/mol. The zero-order chi connectivity index (χ0) is 18.8. The first-order valence-corrected chi connectivity index (χ1v) is 9.88. The van der Waals surface area contributed by atoms with Crippen LogP contribution in [0.5, 0.6) is 0 Å². The van der Waals surface area contributed by atoms with Crippen LogP contribution < -0.4 is 0 Å². The van der Waals surface area contributed by atoms with Crippen molar-refractivity contribution in [1.29, 1.82) is 0 Å². The van der Waals surface area contributed by atoms with Crippen LogP contribution in [0.25, 0.3) is 5.57 Å². The second-order valence-electron chi connectivity index (χ2n) is 7.87. The average Bonchev–Trinajstić information content (AvgIpc) is 2.65. The Kier molecular flexibility index (Phi) is 5.02. The molecule has 1 amide bonds. The number of benzene rings is 2. The van der Waals surface area contributed by atoms with Crippen LogP contribution in [0.15, 0.2) is 54.6 Å². The number of piperidine rings is 1. The molecule has 2 aliphatic rings. The molecule has 2 aromatic rings. The minimum absolute atomic E-state index is 0.150. The molecule has 2 aromatic carbocycles. The lowest BCUT2D eigenvalue weighted by Gasteiger charge is -2.44. The van der Waals surface area contributed by atoms with Gasteiger partial charge in [-0.15, -0.1) is 0 Å². The maximum absolute atomic E-state index is 12.8. The van der Waals surface area contributed by atoms with Crippen molar-refractivity contribution in [2.75, 3.05) is 0 Å². The van der Waals surface area contributed by atoms with Crippen molar-refractivity contribution in [3.63, 3.8) is 0 Å². The Morgan fingerprint density at radius 3 is 2.52 bits per heavy atom. The second-order valence-corrected chi connectivity index (χ2v) is 7.87. The van der Waals surface area contributed by atoms with Crippen LogP contribution in [0, 0.1) is 13.8 Å². The van der Waals surface area contributed by atoms with E-state index in [1.165, 1.54) is 28.7 Å². The van der Waals surface area contributed by atoms with Gasteiger partial charge in [0.15, 0.2) is 0 Å². The summed E-state index contributed by atoms with van der Waals surface area (Å²) < 4.78 is 5.64. The fraction of sp³-hybridized carbons (Fsp3) is 0.375. The number of aryl methyl sites for hydroxylation is 2. The summed E-state index contributed by atoms with van der Waals surface area (Å²) in [4.78, 5) is 14.8. The molecule has 0 saturated carbocycles. The van der Waals surface area contributed by atoms with Crippen LogP contribution in [0.1, 0.15) is 47.9 Å². The molecule has 1 saturated heterocycles. The first-order chi connectivity index (χ1) is 13.1. The molecule has 0 aliphatic carbocycles. The predicted molar refractivity (Wildman–Crippen MR) is 108 cm³/mol. The van der Waals surface area contributed by atoms with Crippen molar-refractivity contribution in [2.24, 2.45) is 0 Å². The van der Waals surface area contributed by atoms with E-state index in [4.69, 9.17) is 4.74 Å². The number of amides is 1. The predicted octanol–water partition coefficient (Wildman–Crippen LogP) is 5.65. The highest BCUT2D eigenvalue weighted by atomic mass is 16.6. The number of hydrogen-bond acceptors (Lipinski definition) is 2. The highest BCUT2D eigenvalue weighted by Crippen LogP contribution is 2.38. The Morgan fingerprint density at radius 2 is 1.81 bits per heavy atom. The lowest BCUT2D eigenvalue weighted by atomic mass is 9.82. The summed E-state index contributed by atoms with van der Waals surface area (Å²) >= 11 is 0. The van der Waals surface area contributed by atoms with Crippen molar-refractivity contribution >= 4 is 11.7 Å². The Labute approximate surface area is 161 Å². The summed E-state index contributed by atoms with van der Waals surface area (Å²) in [5.74, 6) is 0. The van der Waals surface area contributed by atoms with E-state index < -0.39 is 0 Å². The number of fused-ring (bicyclic) bond motifs is 2. The van der Waals surface area contributed by atoms with Crippen LogP contribution in [-0.4, -0.2) is 23.1 Å². The minimum Gasteiger partial charge on any atom is -0.445 e. The Balaban J connectivity index is 1.52. The van der Waals surface area contributed by atoms with Gasteiger partial charge < -0.3 is 4.74 Å². The van der Waals surface area contributed by atoms with Gasteiger partial charge in [-0.25, -0.2) is 4.79 Å². The molecule has 2 heterocycles. The van der Waals surface area contributed by atoms with E-state index >= 15 is 0 Å². The third-order valence-corrected chi connectivity index (χ3v) is 5.65. The molecule has 140 valence electrons. The van der Waals surface area contributed by atoms with E-state index in [2.05, 4.69) is 38.1 Å². The van der Waals surface area contributed by atoms with Crippen molar-refractivity contribution < 1.29 is 9.53 Å². The zero-order valence-electron chi connectivity index (χ0n) is 16.2. The van der Waals surface area contributed by atoms with Gasteiger partial charge in [-0.1, -0.05) is 65.7 Å². The number of rotatable bonds is 3. The number of carbonyl (C=O) groups excluding carboxylic acids is 1. The number of ether oxygens (including phenoxy) is 1. The van der Waals surface area contributed by atoms with E-state index in [0.717, 1.165) is 24.8 Å². The van der Waals surface area contributed by atoms with E-state index in [1.54, 1.807) is 0 Å². The molecule has 0 N–H and O–H groups in total. The van der Waals surface area contributed by atoms with Crippen molar-refractivity contribution in [1.82, 2.24) is 4.90 Å². The molecule has 0 spiro atoms. The molecule has 2 aliphatic heterocycles. The molecule has 2 unspecified atom stereocenters. The monoisotopic (exact) mass is 361 g/mol. The second kappa shape index (κ2) is 7.59. The van der Waals surface area contributed by atoms with E-state index in [1.807, 2.05) is 35.2 Å². The summed E-state index contributed by atoms with van der Waals surface area (Å²) in [6, 6.07) is 17.0. The summed E-state index contributed by atoms with van der Waals surface area (Å²) in [5.41, 5.74) is 6.30. The Hall–Kier alpha value is -2.55. The van der Waals surface area contributed by atoms with E-state index in [9.17, 15) is 4.79 Å². The van der Waals surface area contributed by atoms with Crippen LogP contribution in [-0.2, 0) is 11.3 Å². The van der Waals surface area contributed by atoms with Gasteiger partial charge >= 0.3 is 6.09 Å². The minimum atomic E-state index is -0.177. The standard InChI is InChI=1S/C24H27NO2/c1-17-11-18(2)13-20(12-17)21-14-22-9-6-10-23(15-21)25(22)24(26)27-16-19-7-4-3-5-8-19/h3-5,7-8,11-14,22-23H,6,9-10,15-16H2,1-2H3. The topological polar surface area (TPSA) is 29.5 Å². The highest BCUT2D eigenvalue weighted by Gasteiger charge is 2.38. The molecule has 3 heteroatoms. The molecule has 2 bridgehead atoms. The van der Waals surface area contributed by atoms with Crippen molar-refractivity contribution in [3.05, 3.63) is 76.9 Å². The fourth-order valence-corrected chi connectivity index (χ4v) is 4.48. The van der Waals surface area contributed by atoms with Crippen LogP contribution >= 0.6 is 0 Å². The molecule has 0 radical (unpaired) electrons. The zero-order valence-corrected chi connectivity index (χ0v) is 16.2. The molecular formula is C24H27NO2. The van der Waals surface area contributed by atoms with Gasteiger partial charge in [0.05, 0.1) is 6.04 Å². The molecule has 1 fully saturated rings. The maximum atomic E-state index is 12.8. The lowest BCUT2D eigenvalue weighted by molar-refractivity contribution is 0.0510. The van der Waals surface area contributed by atoms with E-state index in [-0.39, 0.29) is 18.2 Å². The molecule has 2 atom stereocenters. The smallest absolute Gasteiger partial charge is 0.410 e. The van der Waals surface area contributed by atoms with Gasteiger partial charge in [0, 0.05) is 6.04 Å². The molecule has 0 aromatic heterocycles. The van der Waals surface area contributed by atoms with Crippen molar-refractivity contribution in [3.8, 4) is 0 Å². The molecule has 27 heavy (non-hydrogen) atoms. The third-order valence-electron chi connectivity index (χ3n) is 5.65. The first kappa shape index (κ1) is 17.8. The van der Waals surface area contributed by atoms with Crippen LogP contribution in [0.4, 0.5) is 4.79 Å². The number of nitrogens with zero attached hydrogens (tertiary/aromatic N) is 1. The van der Waals surface area contributed by atoms with Crippen LogP contribution in [0.3, 0.4) is 0 Å². The number of carbonyl (C=O) groups is 1. The fourth-order valence-electron chi connectivity index (χ4n) is 4.48. The highest BCUT2D eigenvalue weighted by molar-refractivity contribution is 5.75. The SMILES string of the molecule is Cc1cc(C)cc(C2=CC3CCCC(C2)N3C(=O)OCc2ccccc2)c1. The molecule has 3 nitrogen and oxygen atoms in total. The van der Waals surface area contributed by atoms with Gasteiger partial charge in [-0.2, -0.15) is 0 Å². The summed E-state index contributed by atoms with van der Waals surface area (Å²) in [7, 11) is 0. The van der Waals surface area contributed by atoms with Gasteiger partial charge in [-0.3, -0.25) is 4.90 Å². The Morgan fingerprint density at radius 1 is 1.07 bits per heavy atom. The largest absolute Gasteiger partial charge is 0.445 e. The normalized spacial score (nSPS) is 21.6. The lowest BCUT2D eigenvalue weighted by Crippen LogP contribution is -2.51. The van der Waals surface area contributed by atoms with Gasteiger partial charge in [0.2, 0.25) is 0 Å². The van der Waals surface area contributed by atoms with E-state index in [0.29, 0.717) is 6.61 Å². The summed E-state index contributed by atoms with van der Waals surface area (Å²) in [6.45, 7) is 4.63. The maximum Gasteiger partial charge on any atom is 0.410 e. The summed E-state index contributed by atoms with van der Waals surface area (Å²) in [6.07, 6.45) is 6.29. The first-order valence-electron chi connectivity index (χ1n) is 9.88. The number of hydrogen-bond donors (Lipinski definition) is 0. The van der Waals surface area contributed by atoms with Gasteiger partial charge in [0.1, 0.15) is 6.61 Å². The third kappa shape index (κ3) is 3.92. The van der Waals surface area contributed by atoms with Crippen molar-refractivity contribution in [2.45, 2.75) is 58.2 Å². The Bertz CT molecular complexity index is 836. The van der Waals surface area contributed by atoms with Gasteiger partial charge in [0.25, 0.3) is 0 Å². The van der Waals surface area contributed by atoms with Crippen LogP contribution in [0.2, 0.25) is 0 Å². The molecule has 4 rings (SSSR count).